The summed E-state index contributed by atoms with van der Waals surface area (Å²) >= 11 is 0. The van der Waals surface area contributed by atoms with Crippen LogP contribution in [0, 0.1) is 0 Å². The largest absolute Gasteiger partial charge is 0.466 e. The first kappa shape index (κ1) is 88.1. The molecule has 0 saturated heterocycles. The van der Waals surface area contributed by atoms with Crippen LogP contribution in [0.5, 0.6) is 0 Å². The minimum Gasteiger partial charge on any atom is -0.466 e. The van der Waals surface area contributed by atoms with Gasteiger partial charge in [-0.25, -0.2) is 0 Å². The van der Waals surface area contributed by atoms with Crippen molar-refractivity contribution in [3.05, 3.63) is 36.5 Å². The second-order valence-electron chi connectivity index (χ2n) is 28.5. The highest BCUT2D eigenvalue weighted by Crippen LogP contribution is 2.20. The Morgan fingerprint density at radius 2 is 0.556 bits per heavy atom. The zero-order valence-electron chi connectivity index (χ0n) is 61.1. The lowest BCUT2D eigenvalue weighted by atomic mass is 10.0. The van der Waals surface area contributed by atoms with Gasteiger partial charge in [0.05, 0.1) is 25.4 Å². The van der Waals surface area contributed by atoms with Gasteiger partial charge in [0.15, 0.2) is 0 Å². The van der Waals surface area contributed by atoms with Gasteiger partial charge in [0.1, 0.15) is 0 Å². The summed E-state index contributed by atoms with van der Waals surface area (Å²) in [5, 5.41) is 23.4. The van der Waals surface area contributed by atoms with Crippen LogP contribution in [0.4, 0.5) is 0 Å². The Labute approximate surface area is 564 Å². The topological polar surface area (TPSA) is 95.9 Å². The number of esters is 1. The third kappa shape index (κ3) is 75.1. The molecule has 90 heavy (non-hydrogen) atoms. The summed E-state index contributed by atoms with van der Waals surface area (Å²) in [6.07, 6.45) is 104. The number of nitrogens with one attached hydrogen (secondary N) is 1. The highest BCUT2D eigenvalue weighted by atomic mass is 16.5. The molecule has 0 aliphatic rings. The van der Waals surface area contributed by atoms with Crippen molar-refractivity contribution in [1.29, 1.82) is 0 Å². The lowest BCUT2D eigenvalue weighted by Gasteiger charge is -2.22. The number of carbonyl (C=O) groups excluding carboxylic acids is 2. The van der Waals surface area contributed by atoms with Crippen LogP contribution in [0.15, 0.2) is 36.5 Å². The lowest BCUT2D eigenvalue weighted by Crippen LogP contribution is -2.45. The van der Waals surface area contributed by atoms with E-state index in [1.807, 2.05) is 0 Å². The fourth-order valence-corrected chi connectivity index (χ4v) is 13.1. The maximum Gasteiger partial charge on any atom is 0.305 e. The SMILES string of the molecule is CCCCC/C=C\C/C=C\CCCCCCCC(=O)OCCCCCCCCCCCCCCCCCCCC/C=C\CCCCCCCCCCCCCCCCCCCC(=O)NC(CO)C(O)CCCCCCCCCCCCCCCCCCCCC. The van der Waals surface area contributed by atoms with E-state index in [1.54, 1.807) is 0 Å². The van der Waals surface area contributed by atoms with Crippen molar-refractivity contribution in [2.75, 3.05) is 13.2 Å². The first-order chi connectivity index (χ1) is 44.5. The molecule has 0 rings (SSSR count). The van der Waals surface area contributed by atoms with Crippen LogP contribution in [-0.2, 0) is 14.3 Å². The van der Waals surface area contributed by atoms with Crippen LogP contribution < -0.4 is 5.32 Å². The summed E-state index contributed by atoms with van der Waals surface area (Å²) in [5.41, 5.74) is 0. The Morgan fingerprint density at radius 3 is 0.878 bits per heavy atom. The Hall–Kier alpha value is -1.92. The van der Waals surface area contributed by atoms with Crippen molar-refractivity contribution < 1.29 is 24.5 Å². The Kier molecular flexibility index (Phi) is 77.8. The van der Waals surface area contributed by atoms with E-state index < -0.39 is 12.1 Å². The van der Waals surface area contributed by atoms with Crippen molar-refractivity contribution in [2.24, 2.45) is 0 Å². The van der Waals surface area contributed by atoms with Crippen LogP contribution >= 0.6 is 0 Å². The lowest BCUT2D eigenvalue weighted by molar-refractivity contribution is -0.143. The summed E-state index contributed by atoms with van der Waals surface area (Å²) in [5.74, 6) is -0.0168. The molecule has 532 valence electrons. The highest BCUT2D eigenvalue weighted by Gasteiger charge is 2.20. The third-order valence-electron chi connectivity index (χ3n) is 19.4. The number of aliphatic hydroxyl groups is 2. The molecule has 0 heterocycles. The van der Waals surface area contributed by atoms with E-state index in [1.165, 1.54) is 379 Å². The summed E-state index contributed by atoms with van der Waals surface area (Å²) in [6.45, 7) is 4.97. The van der Waals surface area contributed by atoms with E-state index in [0.29, 0.717) is 25.9 Å². The van der Waals surface area contributed by atoms with Crippen LogP contribution in [-0.4, -0.2) is 47.4 Å². The van der Waals surface area contributed by atoms with Gasteiger partial charge in [-0.1, -0.05) is 403 Å². The van der Waals surface area contributed by atoms with Gasteiger partial charge >= 0.3 is 5.97 Å². The van der Waals surface area contributed by atoms with Gasteiger partial charge < -0.3 is 20.3 Å². The van der Waals surface area contributed by atoms with E-state index in [2.05, 4.69) is 55.6 Å². The van der Waals surface area contributed by atoms with Crippen molar-refractivity contribution in [3.63, 3.8) is 0 Å². The summed E-state index contributed by atoms with van der Waals surface area (Å²) in [6, 6.07) is -0.539. The number of hydrogen-bond donors (Lipinski definition) is 3. The molecule has 2 atom stereocenters. The van der Waals surface area contributed by atoms with Gasteiger partial charge in [-0.15, -0.1) is 0 Å². The van der Waals surface area contributed by atoms with Crippen LogP contribution in [0.25, 0.3) is 0 Å². The summed E-state index contributed by atoms with van der Waals surface area (Å²) in [7, 11) is 0. The molecule has 0 bridgehead atoms. The molecule has 0 fully saturated rings. The number of allylic oxidation sites excluding steroid dienone is 6. The van der Waals surface area contributed by atoms with Gasteiger partial charge in [-0.05, 0) is 83.5 Å². The van der Waals surface area contributed by atoms with Crippen LogP contribution in [0.3, 0.4) is 0 Å². The standard InChI is InChI=1S/C84H161NO5/c1-3-5-7-9-11-13-15-17-19-20-42-45-49-52-56-60-64-68-72-76-82(87)81(80-86)85-83(88)77-73-69-65-61-57-53-50-46-43-40-38-36-34-32-30-28-26-24-22-21-23-25-27-29-31-33-35-37-39-41-44-47-51-55-59-63-67-71-75-79-90-84(89)78-74-70-66-62-58-54-48-18-16-14-12-10-8-6-4-2/h12,14,18,21-22,48,81-82,86-87H,3-11,13,15-17,19-20,23-47,49-80H2,1-2H3,(H,85,88)/b14-12-,22-21-,48-18-. The molecule has 0 saturated carbocycles. The molecule has 0 aromatic carbocycles. The number of carbonyl (C=O) groups is 2. The monoisotopic (exact) mass is 1260 g/mol. The average molecular weight is 1270 g/mol. The van der Waals surface area contributed by atoms with Crippen LogP contribution in [0.2, 0.25) is 0 Å². The number of aliphatic hydroxyl groups excluding tert-OH is 2. The van der Waals surface area contributed by atoms with E-state index in [9.17, 15) is 19.8 Å². The van der Waals surface area contributed by atoms with Gasteiger partial charge in [0.2, 0.25) is 5.91 Å². The Balaban J connectivity index is 3.33. The fourth-order valence-electron chi connectivity index (χ4n) is 13.1. The quantitative estimate of drug-likeness (QED) is 0.0320. The molecule has 0 aliphatic carbocycles. The van der Waals surface area contributed by atoms with E-state index in [-0.39, 0.29) is 18.5 Å². The number of amides is 1. The predicted octanol–water partition coefficient (Wildman–Crippen LogP) is 27.4. The predicted molar refractivity (Wildman–Crippen MR) is 398 cm³/mol. The first-order valence-corrected chi connectivity index (χ1v) is 41.2. The third-order valence-corrected chi connectivity index (χ3v) is 19.4. The molecule has 6 nitrogen and oxygen atoms in total. The van der Waals surface area contributed by atoms with Gasteiger partial charge in [-0.3, -0.25) is 9.59 Å². The Morgan fingerprint density at radius 1 is 0.311 bits per heavy atom. The zero-order valence-corrected chi connectivity index (χ0v) is 61.1. The second-order valence-corrected chi connectivity index (χ2v) is 28.5. The van der Waals surface area contributed by atoms with E-state index in [0.717, 1.165) is 51.4 Å². The normalized spacial score (nSPS) is 12.6. The minimum atomic E-state index is -0.662. The molecule has 0 aromatic heterocycles. The first-order valence-electron chi connectivity index (χ1n) is 41.2. The highest BCUT2D eigenvalue weighted by molar-refractivity contribution is 5.76. The van der Waals surface area contributed by atoms with Crippen molar-refractivity contribution >= 4 is 11.9 Å². The number of rotatable bonds is 78. The molecule has 0 aliphatic heterocycles. The molecule has 2 unspecified atom stereocenters. The number of unbranched alkanes of at least 4 members (excludes halogenated alkanes) is 61. The van der Waals surface area contributed by atoms with Gasteiger partial charge in [0.25, 0.3) is 0 Å². The maximum atomic E-state index is 12.6. The van der Waals surface area contributed by atoms with Crippen molar-refractivity contribution in [2.45, 2.75) is 475 Å². The number of hydrogen-bond acceptors (Lipinski definition) is 5. The average Bonchev–Trinajstić information content (AvgIpc) is 3.62. The van der Waals surface area contributed by atoms with Crippen LogP contribution in [0.1, 0.15) is 463 Å². The molecule has 0 spiro atoms. The fraction of sp³-hybridized carbons (Fsp3) is 0.905. The maximum absolute atomic E-state index is 12.6. The van der Waals surface area contributed by atoms with E-state index >= 15 is 0 Å². The number of ether oxygens (including phenoxy) is 1. The minimum absolute atomic E-state index is 0.00906. The molecule has 1 amide bonds. The summed E-state index contributed by atoms with van der Waals surface area (Å²) in [4.78, 5) is 24.6. The molecule has 3 N–H and O–H groups in total. The summed E-state index contributed by atoms with van der Waals surface area (Å²) < 4.78 is 5.50. The molecule has 6 heteroatoms. The van der Waals surface area contributed by atoms with E-state index in [4.69, 9.17) is 4.74 Å². The zero-order chi connectivity index (χ0) is 64.9. The molecule has 0 aromatic rings. The smallest absolute Gasteiger partial charge is 0.305 e. The Bertz CT molecular complexity index is 1460. The van der Waals surface area contributed by atoms with Gasteiger partial charge in [-0.2, -0.15) is 0 Å². The second kappa shape index (κ2) is 79.5. The molecular formula is C84H161NO5. The molecule has 0 radical (unpaired) electrons. The van der Waals surface area contributed by atoms with Crippen molar-refractivity contribution in [1.82, 2.24) is 5.32 Å². The molecular weight excluding hydrogens is 1100 g/mol. The van der Waals surface area contributed by atoms with Crippen molar-refractivity contribution in [3.8, 4) is 0 Å². The van der Waals surface area contributed by atoms with Gasteiger partial charge in [0, 0.05) is 12.8 Å².